The van der Waals surface area contributed by atoms with Gasteiger partial charge in [-0.05, 0) is 38.4 Å². The van der Waals surface area contributed by atoms with Crippen LogP contribution in [0.25, 0.3) is 0 Å². The summed E-state index contributed by atoms with van der Waals surface area (Å²) in [5.41, 5.74) is 0.520. The maximum atomic E-state index is 3.58. The van der Waals surface area contributed by atoms with Crippen LogP contribution < -0.4 is 5.32 Å². The summed E-state index contributed by atoms with van der Waals surface area (Å²) in [6.07, 6.45) is 1.35. The third kappa shape index (κ3) is 4.17. The van der Waals surface area contributed by atoms with Crippen molar-refractivity contribution in [3.63, 3.8) is 0 Å². The van der Waals surface area contributed by atoms with Crippen LogP contribution in [-0.4, -0.2) is 87.7 Å². The summed E-state index contributed by atoms with van der Waals surface area (Å²) in [6, 6.07) is 0. The van der Waals surface area contributed by atoms with Crippen molar-refractivity contribution in [1.82, 2.24) is 20.0 Å². The standard InChI is InChI=1S/C16H34N4/c1-15(2)16(5-6-17-13-16)14-20-11-9-19(10-12-20)8-7-18(3)4/h15,17H,5-14H2,1-4H3. The zero-order chi connectivity index (χ0) is 14.6. The number of piperazine rings is 1. The largest absolute Gasteiger partial charge is 0.316 e. The molecule has 1 unspecified atom stereocenters. The minimum absolute atomic E-state index is 0.520. The smallest absolute Gasteiger partial charge is 0.0110 e. The molecule has 2 aliphatic heterocycles. The molecule has 2 saturated heterocycles. The van der Waals surface area contributed by atoms with Crippen molar-refractivity contribution in [2.45, 2.75) is 20.3 Å². The minimum atomic E-state index is 0.520. The average Bonchev–Trinajstić information content (AvgIpc) is 2.88. The first-order valence-electron chi connectivity index (χ1n) is 8.32. The molecule has 20 heavy (non-hydrogen) atoms. The number of hydrogen-bond donors (Lipinski definition) is 1. The molecule has 0 aromatic carbocycles. The van der Waals surface area contributed by atoms with Crippen LogP contribution in [0.1, 0.15) is 20.3 Å². The summed E-state index contributed by atoms with van der Waals surface area (Å²) in [6.45, 7) is 15.9. The van der Waals surface area contributed by atoms with Gasteiger partial charge in [-0.2, -0.15) is 0 Å². The molecule has 0 bridgehead atoms. The normalized spacial score (nSPS) is 29.7. The molecule has 2 fully saturated rings. The molecule has 0 spiro atoms. The summed E-state index contributed by atoms with van der Waals surface area (Å²) in [4.78, 5) is 7.61. The van der Waals surface area contributed by atoms with Crippen LogP contribution in [0.5, 0.6) is 0 Å². The molecule has 118 valence electrons. The Balaban J connectivity index is 1.76. The van der Waals surface area contributed by atoms with E-state index in [9.17, 15) is 0 Å². The molecular formula is C16H34N4. The Morgan fingerprint density at radius 1 is 1.10 bits per heavy atom. The molecule has 0 amide bonds. The van der Waals surface area contributed by atoms with E-state index in [0.29, 0.717) is 5.41 Å². The van der Waals surface area contributed by atoms with Gasteiger partial charge >= 0.3 is 0 Å². The van der Waals surface area contributed by atoms with Gasteiger partial charge < -0.3 is 15.1 Å². The average molecular weight is 282 g/mol. The predicted molar refractivity (Wildman–Crippen MR) is 86.2 cm³/mol. The van der Waals surface area contributed by atoms with Gasteiger partial charge in [0.25, 0.3) is 0 Å². The van der Waals surface area contributed by atoms with E-state index >= 15 is 0 Å². The summed E-state index contributed by atoms with van der Waals surface area (Å²) in [5, 5.41) is 3.58. The maximum Gasteiger partial charge on any atom is 0.0110 e. The molecular weight excluding hydrogens is 248 g/mol. The summed E-state index contributed by atoms with van der Waals surface area (Å²) in [5.74, 6) is 0.782. The number of hydrogen-bond acceptors (Lipinski definition) is 4. The minimum Gasteiger partial charge on any atom is -0.316 e. The van der Waals surface area contributed by atoms with Gasteiger partial charge in [0.2, 0.25) is 0 Å². The van der Waals surface area contributed by atoms with Gasteiger partial charge in [0, 0.05) is 52.4 Å². The second kappa shape index (κ2) is 7.21. The van der Waals surface area contributed by atoms with Crippen molar-refractivity contribution >= 4 is 0 Å². The zero-order valence-electron chi connectivity index (χ0n) is 14.0. The Labute approximate surface area is 125 Å². The van der Waals surface area contributed by atoms with E-state index in [0.717, 1.165) is 5.92 Å². The molecule has 2 rings (SSSR count). The van der Waals surface area contributed by atoms with Gasteiger partial charge in [-0.3, -0.25) is 4.90 Å². The van der Waals surface area contributed by atoms with Gasteiger partial charge in [-0.1, -0.05) is 13.8 Å². The fraction of sp³-hybridized carbons (Fsp3) is 1.00. The molecule has 0 aliphatic carbocycles. The second-order valence-electron chi connectivity index (χ2n) is 7.36. The number of nitrogens with zero attached hydrogens (tertiary/aromatic N) is 3. The van der Waals surface area contributed by atoms with Crippen LogP contribution in [0, 0.1) is 11.3 Å². The monoisotopic (exact) mass is 282 g/mol. The summed E-state index contributed by atoms with van der Waals surface area (Å²) in [7, 11) is 4.32. The predicted octanol–water partition coefficient (Wildman–Crippen LogP) is 0.801. The second-order valence-corrected chi connectivity index (χ2v) is 7.36. The van der Waals surface area contributed by atoms with E-state index in [1.54, 1.807) is 0 Å². The fourth-order valence-electron chi connectivity index (χ4n) is 3.53. The Morgan fingerprint density at radius 2 is 1.75 bits per heavy atom. The molecule has 0 saturated carbocycles. The highest BCUT2D eigenvalue weighted by Crippen LogP contribution is 2.35. The Hall–Kier alpha value is -0.160. The summed E-state index contributed by atoms with van der Waals surface area (Å²) < 4.78 is 0. The molecule has 4 heteroatoms. The van der Waals surface area contributed by atoms with E-state index in [1.165, 1.54) is 65.3 Å². The third-order valence-corrected chi connectivity index (χ3v) is 5.37. The SMILES string of the molecule is CC(C)C1(CN2CCN(CCN(C)C)CC2)CCNC1. The highest BCUT2D eigenvalue weighted by atomic mass is 15.3. The van der Waals surface area contributed by atoms with Gasteiger partial charge in [0.05, 0.1) is 0 Å². The molecule has 2 heterocycles. The first-order chi connectivity index (χ1) is 9.52. The number of nitrogens with one attached hydrogen (secondary N) is 1. The van der Waals surface area contributed by atoms with Gasteiger partial charge in [0.1, 0.15) is 0 Å². The van der Waals surface area contributed by atoms with E-state index in [2.05, 4.69) is 48.0 Å². The van der Waals surface area contributed by atoms with Crippen molar-refractivity contribution < 1.29 is 0 Å². The molecule has 0 aromatic heterocycles. The van der Waals surface area contributed by atoms with Crippen molar-refractivity contribution in [2.24, 2.45) is 11.3 Å². The highest BCUT2D eigenvalue weighted by molar-refractivity contribution is 4.93. The van der Waals surface area contributed by atoms with Crippen LogP contribution in [-0.2, 0) is 0 Å². The lowest BCUT2D eigenvalue weighted by Crippen LogP contribution is -2.52. The van der Waals surface area contributed by atoms with Gasteiger partial charge in [-0.15, -0.1) is 0 Å². The molecule has 1 atom stereocenters. The van der Waals surface area contributed by atoms with Crippen molar-refractivity contribution in [3.05, 3.63) is 0 Å². The first-order valence-corrected chi connectivity index (χ1v) is 8.32. The Morgan fingerprint density at radius 3 is 2.25 bits per heavy atom. The lowest BCUT2D eigenvalue weighted by Gasteiger charge is -2.42. The summed E-state index contributed by atoms with van der Waals surface area (Å²) >= 11 is 0. The molecule has 0 radical (unpaired) electrons. The van der Waals surface area contributed by atoms with E-state index in [1.807, 2.05) is 0 Å². The molecule has 0 aromatic rings. The third-order valence-electron chi connectivity index (χ3n) is 5.37. The van der Waals surface area contributed by atoms with Crippen LogP contribution in [0.15, 0.2) is 0 Å². The van der Waals surface area contributed by atoms with Gasteiger partial charge in [-0.25, -0.2) is 0 Å². The maximum absolute atomic E-state index is 3.58. The Bertz CT molecular complexity index is 276. The molecule has 4 nitrogen and oxygen atoms in total. The van der Waals surface area contributed by atoms with Crippen LogP contribution in [0.2, 0.25) is 0 Å². The number of likely N-dealkylation sites (N-methyl/N-ethyl adjacent to an activating group) is 1. The van der Waals surface area contributed by atoms with Crippen LogP contribution >= 0.6 is 0 Å². The lowest BCUT2D eigenvalue weighted by atomic mass is 9.76. The molecule has 1 N–H and O–H groups in total. The first kappa shape index (κ1) is 16.2. The number of rotatable bonds is 6. The van der Waals surface area contributed by atoms with Gasteiger partial charge in [0.15, 0.2) is 0 Å². The van der Waals surface area contributed by atoms with Crippen molar-refractivity contribution in [2.75, 3.05) is 73.0 Å². The van der Waals surface area contributed by atoms with Crippen LogP contribution in [0.3, 0.4) is 0 Å². The quantitative estimate of drug-likeness (QED) is 0.778. The topological polar surface area (TPSA) is 21.8 Å². The molecule has 2 aliphatic rings. The van der Waals surface area contributed by atoms with E-state index in [4.69, 9.17) is 0 Å². The van der Waals surface area contributed by atoms with E-state index in [-0.39, 0.29) is 0 Å². The highest BCUT2D eigenvalue weighted by Gasteiger charge is 2.38. The van der Waals surface area contributed by atoms with Crippen LogP contribution in [0.4, 0.5) is 0 Å². The zero-order valence-corrected chi connectivity index (χ0v) is 14.0. The fourth-order valence-corrected chi connectivity index (χ4v) is 3.53. The van der Waals surface area contributed by atoms with Crippen molar-refractivity contribution in [3.8, 4) is 0 Å². The van der Waals surface area contributed by atoms with E-state index < -0.39 is 0 Å². The van der Waals surface area contributed by atoms with Crippen molar-refractivity contribution in [1.29, 1.82) is 0 Å². The Kier molecular flexibility index (Phi) is 5.84. The lowest BCUT2D eigenvalue weighted by molar-refractivity contribution is 0.0672.